The van der Waals surface area contributed by atoms with E-state index in [9.17, 15) is 0 Å². The third-order valence-electron chi connectivity index (χ3n) is 6.01. The first-order valence-corrected chi connectivity index (χ1v) is 12.0. The number of rotatable bonds is 13. The van der Waals surface area contributed by atoms with Gasteiger partial charge >= 0.3 is 0 Å². The minimum absolute atomic E-state index is 0.230. The highest BCUT2D eigenvalue weighted by molar-refractivity contribution is 5.67. The fraction of sp³-hybridized carbons (Fsp3) is 0.212. The Hall–Kier alpha value is -3.78. The van der Waals surface area contributed by atoms with Gasteiger partial charge in [-0.15, -0.1) is 0 Å². The fourth-order valence-electron chi connectivity index (χ4n) is 3.84. The van der Waals surface area contributed by atoms with E-state index < -0.39 is 0 Å². The number of benzene rings is 3. The van der Waals surface area contributed by atoms with Gasteiger partial charge in [0.25, 0.3) is 0 Å². The molecule has 3 aromatic carbocycles. The van der Waals surface area contributed by atoms with E-state index in [1.165, 1.54) is 0 Å². The molecule has 0 aromatic heterocycles. The summed E-state index contributed by atoms with van der Waals surface area (Å²) in [5.74, 6) is 1.75. The zero-order chi connectivity index (χ0) is 25.2. The number of allylic oxidation sites excluding steroid dienone is 3. The molecule has 0 bridgehead atoms. The molecular formula is C33H36O2. The van der Waals surface area contributed by atoms with Gasteiger partial charge in [-0.2, -0.15) is 0 Å². The standard InChI is InChI=1S/C33H36O2/c1-24(2)30-14-10-16-32(21-30)27(6)35-23-28(20-26(5)29-12-8-7-9-13-29)18-19-34-33-17-11-15-31(22-33)25(3)4/h7-17,21-22,28H,1,3,5-6,18-20,23H2,2,4H3. The largest absolute Gasteiger partial charge is 0.494 e. The molecule has 0 radical (unpaired) electrons. The summed E-state index contributed by atoms with van der Waals surface area (Å²) in [6, 6.07) is 26.5. The molecule has 0 heterocycles. The van der Waals surface area contributed by atoms with Gasteiger partial charge in [-0.25, -0.2) is 0 Å². The Morgan fingerprint density at radius 1 is 0.714 bits per heavy atom. The third kappa shape index (κ3) is 7.89. The van der Waals surface area contributed by atoms with E-state index in [1.54, 1.807) is 0 Å². The first-order chi connectivity index (χ1) is 16.8. The predicted octanol–water partition coefficient (Wildman–Crippen LogP) is 8.93. The maximum Gasteiger partial charge on any atom is 0.119 e. The quantitative estimate of drug-likeness (QED) is 0.235. The summed E-state index contributed by atoms with van der Waals surface area (Å²) >= 11 is 0. The molecule has 0 aliphatic rings. The zero-order valence-corrected chi connectivity index (χ0v) is 21.1. The second-order valence-corrected chi connectivity index (χ2v) is 9.08. The van der Waals surface area contributed by atoms with Gasteiger partial charge in [0.2, 0.25) is 0 Å². The summed E-state index contributed by atoms with van der Waals surface area (Å²) in [5.41, 5.74) is 7.44. The number of hydrogen-bond donors (Lipinski definition) is 0. The molecule has 0 saturated heterocycles. The molecule has 0 aliphatic heterocycles. The highest BCUT2D eigenvalue weighted by Crippen LogP contribution is 2.26. The van der Waals surface area contributed by atoms with Crippen molar-refractivity contribution >= 4 is 22.5 Å². The topological polar surface area (TPSA) is 18.5 Å². The summed E-state index contributed by atoms with van der Waals surface area (Å²) in [6.07, 6.45) is 1.65. The SMILES string of the molecule is C=C(C)c1cccc(OCCC(COC(=C)c2cccc(C(=C)C)c2)CC(=C)c2ccccc2)c1. The molecular weight excluding hydrogens is 428 g/mol. The first kappa shape index (κ1) is 25.8. The van der Waals surface area contributed by atoms with Crippen LogP contribution >= 0.6 is 0 Å². The van der Waals surface area contributed by atoms with Gasteiger partial charge in [-0.05, 0) is 67.2 Å². The maximum atomic E-state index is 6.18. The van der Waals surface area contributed by atoms with Crippen molar-refractivity contribution in [3.63, 3.8) is 0 Å². The van der Waals surface area contributed by atoms with Crippen LogP contribution in [0.3, 0.4) is 0 Å². The van der Waals surface area contributed by atoms with Gasteiger partial charge < -0.3 is 9.47 Å². The minimum atomic E-state index is 0.230. The van der Waals surface area contributed by atoms with Crippen molar-refractivity contribution in [2.75, 3.05) is 13.2 Å². The van der Waals surface area contributed by atoms with E-state index in [2.05, 4.69) is 44.5 Å². The van der Waals surface area contributed by atoms with Crippen LogP contribution in [0.1, 0.15) is 48.9 Å². The van der Waals surface area contributed by atoms with Crippen molar-refractivity contribution in [1.82, 2.24) is 0 Å². The molecule has 3 aromatic rings. The third-order valence-corrected chi connectivity index (χ3v) is 6.01. The molecule has 1 atom stereocenters. The van der Waals surface area contributed by atoms with E-state index in [1.807, 2.05) is 74.5 Å². The Morgan fingerprint density at radius 2 is 1.31 bits per heavy atom. The van der Waals surface area contributed by atoms with Gasteiger partial charge in [0.05, 0.1) is 13.2 Å². The molecule has 0 spiro atoms. The second-order valence-electron chi connectivity index (χ2n) is 9.08. The van der Waals surface area contributed by atoms with E-state index in [0.717, 1.165) is 57.6 Å². The van der Waals surface area contributed by atoms with Crippen LogP contribution in [0.25, 0.3) is 22.5 Å². The second kappa shape index (κ2) is 12.6. The molecule has 35 heavy (non-hydrogen) atoms. The lowest BCUT2D eigenvalue weighted by molar-refractivity contribution is 0.188. The lowest BCUT2D eigenvalue weighted by atomic mass is 9.93. The van der Waals surface area contributed by atoms with Crippen molar-refractivity contribution in [2.24, 2.45) is 5.92 Å². The van der Waals surface area contributed by atoms with Crippen LogP contribution in [0.4, 0.5) is 0 Å². The average molecular weight is 465 g/mol. The fourth-order valence-corrected chi connectivity index (χ4v) is 3.84. The zero-order valence-electron chi connectivity index (χ0n) is 21.1. The molecule has 2 nitrogen and oxygen atoms in total. The van der Waals surface area contributed by atoms with Crippen LogP contribution in [-0.2, 0) is 4.74 Å². The van der Waals surface area contributed by atoms with Crippen molar-refractivity contribution < 1.29 is 9.47 Å². The average Bonchev–Trinajstić information content (AvgIpc) is 2.87. The van der Waals surface area contributed by atoms with Gasteiger partial charge in [-0.3, -0.25) is 0 Å². The van der Waals surface area contributed by atoms with Crippen LogP contribution in [-0.4, -0.2) is 13.2 Å². The van der Waals surface area contributed by atoms with Crippen molar-refractivity contribution in [3.8, 4) is 5.75 Å². The molecule has 2 heteroatoms. The maximum absolute atomic E-state index is 6.18. The lowest BCUT2D eigenvalue weighted by Crippen LogP contribution is -2.14. The van der Waals surface area contributed by atoms with Gasteiger partial charge in [-0.1, -0.05) is 98.1 Å². The molecule has 0 N–H and O–H groups in total. The summed E-state index contributed by atoms with van der Waals surface area (Å²) in [6.45, 7) is 21.7. The minimum Gasteiger partial charge on any atom is -0.494 e. The van der Waals surface area contributed by atoms with Gasteiger partial charge in [0, 0.05) is 11.5 Å². The summed E-state index contributed by atoms with van der Waals surface area (Å²) in [4.78, 5) is 0. The van der Waals surface area contributed by atoms with Crippen LogP contribution in [0.15, 0.2) is 105 Å². The molecule has 0 aliphatic carbocycles. The van der Waals surface area contributed by atoms with Crippen molar-refractivity contribution in [3.05, 3.63) is 127 Å². The summed E-state index contributed by atoms with van der Waals surface area (Å²) < 4.78 is 12.3. The predicted molar refractivity (Wildman–Crippen MR) is 151 cm³/mol. The summed E-state index contributed by atoms with van der Waals surface area (Å²) in [5, 5.41) is 0. The van der Waals surface area contributed by atoms with E-state index in [-0.39, 0.29) is 5.92 Å². The van der Waals surface area contributed by atoms with E-state index >= 15 is 0 Å². The molecule has 0 fully saturated rings. The van der Waals surface area contributed by atoms with Gasteiger partial charge in [0.15, 0.2) is 0 Å². The van der Waals surface area contributed by atoms with Crippen molar-refractivity contribution in [2.45, 2.75) is 26.7 Å². The smallest absolute Gasteiger partial charge is 0.119 e. The summed E-state index contributed by atoms with van der Waals surface area (Å²) in [7, 11) is 0. The Morgan fingerprint density at radius 3 is 2.00 bits per heavy atom. The van der Waals surface area contributed by atoms with Crippen LogP contribution in [0, 0.1) is 5.92 Å². The van der Waals surface area contributed by atoms with Gasteiger partial charge in [0.1, 0.15) is 11.5 Å². The Bertz CT molecular complexity index is 1190. The van der Waals surface area contributed by atoms with Crippen LogP contribution in [0.5, 0.6) is 5.75 Å². The normalized spacial score (nSPS) is 11.4. The monoisotopic (exact) mass is 464 g/mol. The van der Waals surface area contributed by atoms with Crippen LogP contribution in [0.2, 0.25) is 0 Å². The molecule has 0 amide bonds. The molecule has 0 saturated carbocycles. The molecule has 3 rings (SSSR count). The first-order valence-electron chi connectivity index (χ1n) is 12.0. The number of hydrogen-bond acceptors (Lipinski definition) is 2. The highest BCUT2D eigenvalue weighted by Gasteiger charge is 2.15. The highest BCUT2D eigenvalue weighted by atomic mass is 16.5. The molecule has 180 valence electrons. The van der Waals surface area contributed by atoms with E-state index in [4.69, 9.17) is 9.47 Å². The Labute approximate surface area is 210 Å². The van der Waals surface area contributed by atoms with E-state index in [0.29, 0.717) is 19.0 Å². The lowest BCUT2D eigenvalue weighted by Gasteiger charge is -2.21. The number of ether oxygens (including phenoxy) is 2. The Kier molecular flexibility index (Phi) is 9.31. The van der Waals surface area contributed by atoms with Crippen LogP contribution < -0.4 is 4.74 Å². The molecule has 1 unspecified atom stereocenters. The van der Waals surface area contributed by atoms with Crippen molar-refractivity contribution in [1.29, 1.82) is 0 Å². The Balaban J connectivity index is 1.65.